The van der Waals surface area contributed by atoms with Crippen LogP contribution in [0.2, 0.25) is 0 Å². The summed E-state index contributed by atoms with van der Waals surface area (Å²) in [6.45, 7) is 7.14. The van der Waals surface area contributed by atoms with Crippen LogP contribution < -0.4 is 5.32 Å². The van der Waals surface area contributed by atoms with Gasteiger partial charge in [-0.1, -0.05) is 0 Å². The van der Waals surface area contributed by atoms with Gasteiger partial charge in [0.05, 0.1) is 79.3 Å². The normalized spacial score (nSPS) is 15.1. The van der Waals surface area contributed by atoms with E-state index in [0.29, 0.717) is 72.2 Å². The van der Waals surface area contributed by atoms with Gasteiger partial charge in [0.25, 0.3) is 0 Å². The van der Waals surface area contributed by atoms with Gasteiger partial charge in [-0.15, -0.1) is 0 Å². The van der Waals surface area contributed by atoms with Gasteiger partial charge in [0, 0.05) is 0 Å². The number of nitrogens with one attached hydrogen (secondary N) is 1. The molecule has 0 aliphatic carbocycles. The number of ether oxygens (including phenoxy) is 7. The van der Waals surface area contributed by atoms with Crippen molar-refractivity contribution in [3.63, 3.8) is 0 Å². The molecule has 1 aliphatic rings. The summed E-state index contributed by atoms with van der Waals surface area (Å²) in [5.41, 5.74) is 0. The molecule has 0 saturated carbocycles. The molecule has 0 aromatic carbocycles. The van der Waals surface area contributed by atoms with Gasteiger partial charge in [0.2, 0.25) is 0 Å². The number of carbonyl (C=O) groups excluding carboxylic acids is 1. The van der Waals surface area contributed by atoms with E-state index in [-0.39, 0.29) is 6.61 Å². The Bertz CT molecular complexity index is 339. The van der Waals surface area contributed by atoms with Crippen LogP contribution in [0.5, 0.6) is 0 Å². The van der Waals surface area contributed by atoms with Gasteiger partial charge in [0.15, 0.2) is 0 Å². The van der Waals surface area contributed by atoms with Crippen LogP contribution in [0.4, 0.5) is 0 Å². The zero-order chi connectivity index (χ0) is 19.4. The van der Waals surface area contributed by atoms with Crippen LogP contribution in [-0.2, 0) is 38.0 Å². The molecule has 1 N–H and O–H groups in total. The number of piperidine rings is 1. The Morgan fingerprint density at radius 1 is 0.741 bits per heavy atom. The first-order valence-electron chi connectivity index (χ1n) is 9.60. The third-order valence-electron chi connectivity index (χ3n) is 3.80. The van der Waals surface area contributed by atoms with Crippen molar-refractivity contribution in [3.8, 4) is 0 Å². The van der Waals surface area contributed by atoms with Crippen molar-refractivity contribution in [2.45, 2.75) is 18.9 Å². The van der Waals surface area contributed by atoms with E-state index in [0.717, 1.165) is 25.9 Å². The number of methoxy groups -OCH3 is 1. The molecule has 0 unspecified atom stereocenters. The Kier molecular flexibility index (Phi) is 16.6. The number of rotatable bonds is 18. The molecule has 0 bridgehead atoms. The lowest BCUT2D eigenvalue weighted by atomic mass is 10.1. The largest absolute Gasteiger partial charge is 0.467 e. The number of esters is 1. The molecular weight excluding hydrogens is 358 g/mol. The molecule has 1 aliphatic heterocycles. The minimum atomic E-state index is -0.394. The van der Waals surface area contributed by atoms with Gasteiger partial charge in [-0.3, -0.25) is 0 Å². The van der Waals surface area contributed by atoms with Gasteiger partial charge >= 0.3 is 5.97 Å². The highest BCUT2D eigenvalue weighted by molar-refractivity contribution is 5.70. The molecule has 9 nitrogen and oxygen atoms in total. The fourth-order valence-corrected chi connectivity index (χ4v) is 2.33. The average Bonchev–Trinajstić information content (AvgIpc) is 2.70. The van der Waals surface area contributed by atoms with Crippen molar-refractivity contribution < 1.29 is 38.0 Å². The van der Waals surface area contributed by atoms with E-state index < -0.39 is 5.97 Å². The fourth-order valence-electron chi connectivity index (χ4n) is 2.33. The zero-order valence-electron chi connectivity index (χ0n) is 16.4. The van der Waals surface area contributed by atoms with Crippen LogP contribution in [0.25, 0.3) is 0 Å². The average molecular weight is 393 g/mol. The monoisotopic (exact) mass is 393 g/mol. The molecule has 0 amide bonds. The van der Waals surface area contributed by atoms with Gasteiger partial charge in [-0.2, -0.15) is 0 Å². The lowest BCUT2D eigenvalue weighted by Crippen LogP contribution is -2.33. The number of hydrogen-bond acceptors (Lipinski definition) is 9. The maximum atomic E-state index is 10.8. The molecule has 27 heavy (non-hydrogen) atoms. The maximum absolute atomic E-state index is 10.8. The first-order valence-corrected chi connectivity index (χ1v) is 9.60. The second-order valence-corrected chi connectivity index (χ2v) is 5.90. The minimum Gasteiger partial charge on any atom is -0.467 e. The SMILES string of the molecule is COC(=O)COCCOCCOCCOCCOCCOC1CCNCC1. The van der Waals surface area contributed by atoms with Gasteiger partial charge in [-0.05, 0) is 25.9 Å². The fraction of sp³-hybridized carbons (Fsp3) is 0.944. The molecule has 0 aromatic heterocycles. The summed E-state index contributed by atoms with van der Waals surface area (Å²) in [5.74, 6) is -0.394. The summed E-state index contributed by atoms with van der Waals surface area (Å²) in [6.07, 6.45) is 2.54. The van der Waals surface area contributed by atoms with E-state index in [4.69, 9.17) is 28.4 Å². The van der Waals surface area contributed by atoms with E-state index in [2.05, 4.69) is 10.1 Å². The van der Waals surface area contributed by atoms with Crippen LogP contribution in [0, 0.1) is 0 Å². The summed E-state index contributed by atoms with van der Waals surface area (Å²) in [7, 11) is 1.32. The van der Waals surface area contributed by atoms with Crippen LogP contribution in [-0.4, -0.2) is 105 Å². The summed E-state index contributed by atoms with van der Waals surface area (Å²) < 4.78 is 36.8. The van der Waals surface area contributed by atoms with Crippen molar-refractivity contribution in [1.82, 2.24) is 5.32 Å². The zero-order valence-corrected chi connectivity index (χ0v) is 16.4. The molecule has 1 heterocycles. The number of hydrogen-bond donors (Lipinski definition) is 1. The molecule has 160 valence electrons. The van der Waals surface area contributed by atoms with E-state index in [1.807, 2.05) is 0 Å². The van der Waals surface area contributed by atoms with Crippen molar-refractivity contribution in [1.29, 1.82) is 0 Å². The Morgan fingerprint density at radius 2 is 1.19 bits per heavy atom. The highest BCUT2D eigenvalue weighted by Gasteiger charge is 2.12. The third-order valence-corrected chi connectivity index (χ3v) is 3.80. The second kappa shape index (κ2) is 18.5. The third kappa shape index (κ3) is 15.9. The smallest absolute Gasteiger partial charge is 0.331 e. The molecule has 1 saturated heterocycles. The van der Waals surface area contributed by atoms with E-state index in [1.54, 1.807) is 0 Å². The molecule has 0 atom stereocenters. The van der Waals surface area contributed by atoms with Crippen molar-refractivity contribution in [2.75, 3.05) is 92.9 Å². The predicted octanol–water partition coefficient (Wildman–Crippen LogP) is 0.0110. The van der Waals surface area contributed by atoms with E-state index in [9.17, 15) is 4.79 Å². The first-order chi connectivity index (χ1) is 13.3. The van der Waals surface area contributed by atoms with Gasteiger partial charge < -0.3 is 38.5 Å². The quantitative estimate of drug-likeness (QED) is 0.255. The van der Waals surface area contributed by atoms with Crippen molar-refractivity contribution in [2.24, 2.45) is 0 Å². The maximum Gasteiger partial charge on any atom is 0.331 e. The summed E-state index contributed by atoms with van der Waals surface area (Å²) in [5, 5.41) is 3.31. The first kappa shape index (κ1) is 24.2. The molecule has 1 rings (SSSR count). The standard InChI is InChI=1S/C18H35NO8/c1-21-18(20)16-26-13-12-24-9-8-22-6-7-23-10-11-25-14-15-27-17-2-4-19-5-3-17/h17,19H,2-16H2,1H3. The molecule has 9 heteroatoms. The molecule has 1 fully saturated rings. The topological polar surface area (TPSA) is 93.7 Å². The van der Waals surface area contributed by atoms with Crippen molar-refractivity contribution >= 4 is 5.97 Å². The molecule has 0 radical (unpaired) electrons. The summed E-state index contributed by atoms with van der Waals surface area (Å²) >= 11 is 0. The van der Waals surface area contributed by atoms with Crippen LogP contribution in [0.1, 0.15) is 12.8 Å². The number of carbonyl (C=O) groups is 1. The van der Waals surface area contributed by atoms with Crippen LogP contribution >= 0.6 is 0 Å². The van der Waals surface area contributed by atoms with Gasteiger partial charge in [0.1, 0.15) is 6.61 Å². The predicted molar refractivity (Wildman–Crippen MR) is 98.0 cm³/mol. The lowest BCUT2D eigenvalue weighted by molar-refractivity contribution is -0.146. The van der Waals surface area contributed by atoms with E-state index in [1.165, 1.54) is 7.11 Å². The lowest BCUT2D eigenvalue weighted by Gasteiger charge is -2.22. The van der Waals surface area contributed by atoms with Crippen LogP contribution in [0.3, 0.4) is 0 Å². The van der Waals surface area contributed by atoms with Crippen LogP contribution in [0.15, 0.2) is 0 Å². The minimum absolute atomic E-state index is 0.0529. The van der Waals surface area contributed by atoms with Gasteiger partial charge in [-0.25, -0.2) is 4.79 Å². The van der Waals surface area contributed by atoms with E-state index >= 15 is 0 Å². The highest BCUT2D eigenvalue weighted by Crippen LogP contribution is 2.06. The Hall–Kier alpha value is -0.810. The molecule has 0 aromatic rings. The summed E-state index contributed by atoms with van der Waals surface area (Å²) in [6, 6.07) is 0. The second-order valence-electron chi connectivity index (χ2n) is 5.90. The van der Waals surface area contributed by atoms with Crippen molar-refractivity contribution in [3.05, 3.63) is 0 Å². The Morgan fingerprint density at radius 3 is 1.67 bits per heavy atom. The Labute approximate surface area is 161 Å². The Balaban J connectivity index is 1.67. The summed E-state index contributed by atoms with van der Waals surface area (Å²) in [4.78, 5) is 10.8. The highest BCUT2D eigenvalue weighted by atomic mass is 16.6. The molecule has 0 spiro atoms. The molecular formula is C18H35NO8.